The van der Waals surface area contributed by atoms with Crippen molar-refractivity contribution in [2.24, 2.45) is 5.92 Å². The van der Waals surface area contributed by atoms with E-state index in [1.54, 1.807) is 19.2 Å². The van der Waals surface area contributed by atoms with Crippen molar-refractivity contribution in [1.29, 1.82) is 0 Å². The van der Waals surface area contributed by atoms with Gasteiger partial charge in [-0.3, -0.25) is 9.59 Å². The average Bonchev–Trinajstić information content (AvgIpc) is 2.41. The summed E-state index contributed by atoms with van der Waals surface area (Å²) in [6, 6.07) is 0.310. The Hall–Kier alpha value is -2.09. The summed E-state index contributed by atoms with van der Waals surface area (Å²) in [7, 11) is 0. The molecule has 0 aliphatic carbocycles. The van der Waals surface area contributed by atoms with Crippen molar-refractivity contribution >= 4 is 17.5 Å². The van der Waals surface area contributed by atoms with Gasteiger partial charge < -0.3 is 15.7 Å². The van der Waals surface area contributed by atoms with Crippen molar-refractivity contribution in [2.75, 3.05) is 11.9 Å². The predicted octanol–water partition coefficient (Wildman–Crippen LogP) is 1.57. The molecule has 5 nitrogen and oxygen atoms in total. The number of amides is 2. The summed E-state index contributed by atoms with van der Waals surface area (Å²) < 4.78 is 39.5. The van der Waals surface area contributed by atoms with E-state index in [0.717, 1.165) is 0 Å². The van der Waals surface area contributed by atoms with Gasteiger partial charge >= 0.3 is 11.8 Å². The number of carbonyl (C=O) groups excluding carboxylic acids is 2. The Kier molecular flexibility index (Phi) is 6.36. The van der Waals surface area contributed by atoms with E-state index in [1.165, 1.54) is 0 Å². The van der Waals surface area contributed by atoms with Crippen molar-refractivity contribution < 1.29 is 27.9 Å². The number of carbonyl (C=O) groups is 2. The first-order valence-corrected chi connectivity index (χ1v) is 6.63. The van der Waals surface area contributed by atoms with Gasteiger partial charge in [-0.15, -0.1) is 0 Å². The zero-order chi connectivity index (χ0) is 16.9. The molecule has 1 rings (SSSR count). The van der Waals surface area contributed by atoms with Gasteiger partial charge in [-0.1, -0.05) is 13.8 Å². The summed E-state index contributed by atoms with van der Waals surface area (Å²) >= 11 is 0. The number of benzene rings is 1. The molecular formula is C14H17F3N2O3. The fourth-order valence-electron chi connectivity index (χ4n) is 1.78. The van der Waals surface area contributed by atoms with E-state index in [-0.39, 0.29) is 18.9 Å². The summed E-state index contributed by atoms with van der Waals surface area (Å²) in [5.41, 5.74) is -0.898. The van der Waals surface area contributed by atoms with Crippen molar-refractivity contribution in [3.8, 4) is 0 Å². The first-order valence-electron chi connectivity index (χ1n) is 6.63. The van der Waals surface area contributed by atoms with E-state index in [9.17, 15) is 22.8 Å². The Bertz CT molecular complexity index is 541. The maximum absolute atomic E-state index is 13.4. The summed E-state index contributed by atoms with van der Waals surface area (Å²) in [6.45, 7) is 3.36. The highest BCUT2D eigenvalue weighted by Gasteiger charge is 2.23. The predicted molar refractivity (Wildman–Crippen MR) is 73.4 cm³/mol. The van der Waals surface area contributed by atoms with E-state index in [1.807, 2.05) is 0 Å². The number of hydrogen-bond donors (Lipinski definition) is 3. The number of rotatable bonds is 5. The van der Waals surface area contributed by atoms with E-state index in [4.69, 9.17) is 5.11 Å². The van der Waals surface area contributed by atoms with E-state index >= 15 is 0 Å². The van der Waals surface area contributed by atoms with E-state index in [0.29, 0.717) is 12.1 Å². The van der Waals surface area contributed by atoms with E-state index < -0.39 is 41.0 Å². The molecule has 0 saturated heterocycles. The molecule has 1 atom stereocenters. The number of halogens is 3. The number of nitrogens with one attached hydrogen (secondary N) is 2. The third-order valence-corrected chi connectivity index (χ3v) is 3.01. The van der Waals surface area contributed by atoms with Gasteiger partial charge in [0.15, 0.2) is 11.6 Å². The lowest BCUT2D eigenvalue weighted by Gasteiger charge is -2.21. The quantitative estimate of drug-likeness (QED) is 0.721. The molecule has 0 aliphatic rings. The van der Waals surface area contributed by atoms with Gasteiger partial charge in [-0.05, 0) is 12.3 Å². The van der Waals surface area contributed by atoms with Crippen LogP contribution in [-0.4, -0.2) is 29.6 Å². The molecule has 0 heterocycles. The van der Waals surface area contributed by atoms with Crippen LogP contribution in [0.3, 0.4) is 0 Å². The Morgan fingerprint density at radius 2 is 1.68 bits per heavy atom. The van der Waals surface area contributed by atoms with Gasteiger partial charge in [0.1, 0.15) is 11.5 Å². The van der Waals surface area contributed by atoms with Crippen LogP contribution in [0.5, 0.6) is 0 Å². The van der Waals surface area contributed by atoms with Gasteiger partial charge in [-0.25, -0.2) is 13.2 Å². The van der Waals surface area contributed by atoms with Crippen molar-refractivity contribution in [3.63, 3.8) is 0 Å². The Labute approximate surface area is 125 Å². The molecule has 122 valence electrons. The highest BCUT2D eigenvalue weighted by atomic mass is 19.1. The highest BCUT2D eigenvalue weighted by molar-refractivity contribution is 6.39. The molecule has 0 saturated carbocycles. The fraction of sp³-hybridized carbons (Fsp3) is 0.429. The lowest BCUT2D eigenvalue weighted by molar-refractivity contribution is -0.136. The molecule has 1 aromatic carbocycles. The van der Waals surface area contributed by atoms with Crippen LogP contribution < -0.4 is 10.6 Å². The molecular weight excluding hydrogens is 301 g/mol. The summed E-state index contributed by atoms with van der Waals surface area (Å²) in [5.74, 6) is -6.23. The lowest BCUT2D eigenvalue weighted by Crippen LogP contribution is -2.44. The van der Waals surface area contributed by atoms with Gasteiger partial charge in [-0.2, -0.15) is 0 Å². The first kappa shape index (κ1) is 18.0. The molecule has 0 aromatic heterocycles. The smallest absolute Gasteiger partial charge is 0.313 e. The van der Waals surface area contributed by atoms with Gasteiger partial charge in [0.2, 0.25) is 0 Å². The summed E-state index contributed by atoms with van der Waals surface area (Å²) in [6.07, 6.45) is 0.232. The van der Waals surface area contributed by atoms with Crippen LogP contribution in [0.4, 0.5) is 18.9 Å². The number of aliphatic hydroxyl groups is 1. The van der Waals surface area contributed by atoms with Gasteiger partial charge in [0, 0.05) is 24.8 Å². The van der Waals surface area contributed by atoms with E-state index in [2.05, 4.69) is 5.32 Å². The van der Waals surface area contributed by atoms with Crippen molar-refractivity contribution in [2.45, 2.75) is 26.3 Å². The van der Waals surface area contributed by atoms with Crippen LogP contribution >= 0.6 is 0 Å². The SMILES string of the molecule is CC(C)C(CCO)NC(=O)C(=O)Nc1c(F)cc(F)cc1F. The molecule has 2 amide bonds. The fourth-order valence-corrected chi connectivity index (χ4v) is 1.78. The van der Waals surface area contributed by atoms with Crippen LogP contribution in [0.1, 0.15) is 20.3 Å². The third-order valence-electron chi connectivity index (χ3n) is 3.01. The van der Waals surface area contributed by atoms with Crippen LogP contribution in [0.15, 0.2) is 12.1 Å². The number of aliphatic hydroxyl groups excluding tert-OH is 1. The maximum Gasteiger partial charge on any atom is 0.313 e. The molecule has 0 radical (unpaired) electrons. The average molecular weight is 318 g/mol. The normalized spacial score (nSPS) is 12.1. The molecule has 1 aromatic rings. The zero-order valence-electron chi connectivity index (χ0n) is 12.1. The van der Waals surface area contributed by atoms with Crippen LogP contribution in [-0.2, 0) is 9.59 Å². The summed E-state index contributed by atoms with van der Waals surface area (Å²) in [5, 5.41) is 13.0. The molecule has 0 bridgehead atoms. The minimum Gasteiger partial charge on any atom is -0.396 e. The molecule has 1 unspecified atom stereocenters. The second-order valence-corrected chi connectivity index (χ2v) is 5.03. The maximum atomic E-state index is 13.4. The van der Waals surface area contributed by atoms with Gasteiger partial charge in [0.25, 0.3) is 0 Å². The number of anilines is 1. The minimum absolute atomic E-state index is 0.0526. The van der Waals surface area contributed by atoms with Crippen LogP contribution in [0.25, 0.3) is 0 Å². The number of hydrogen-bond acceptors (Lipinski definition) is 3. The molecule has 0 spiro atoms. The minimum atomic E-state index is -1.32. The third kappa shape index (κ3) is 4.73. The molecule has 0 fully saturated rings. The zero-order valence-corrected chi connectivity index (χ0v) is 12.1. The second-order valence-electron chi connectivity index (χ2n) is 5.03. The largest absolute Gasteiger partial charge is 0.396 e. The first-order chi connectivity index (χ1) is 10.3. The Balaban J connectivity index is 2.78. The Morgan fingerprint density at radius 3 is 2.14 bits per heavy atom. The Morgan fingerprint density at radius 1 is 1.14 bits per heavy atom. The monoisotopic (exact) mass is 318 g/mol. The van der Waals surface area contributed by atoms with Crippen LogP contribution in [0, 0.1) is 23.4 Å². The standard InChI is InChI=1S/C14H17F3N2O3/c1-7(2)11(3-4-20)18-13(21)14(22)19-12-9(16)5-8(15)6-10(12)17/h5-7,11,20H,3-4H2,1-2H3,(H,18,21)(H,19,22). The summed E-state index contributed by atoms with van der Waals surface area (Å²) in [4.78, 5) is 23.4. The lowest BCUT2D eigenvalue weighted by atomic mass is 10.0. The highest BCUT2D eigenvalue weighted by Crippen LogP contribution is 2.20. The molecule has 3 N–H and O–H groups in total. The topological polar surface area (TPSA) is 78.4 Å². The second kappa shape index (κ2) is 7.79. The van der Waals surface area contributed by atoms with Gasteiger partial charge in [0.05, 0.1) is 0 Å². The van der Waals surface area contributed by atoms with Crippen molar-refractivity contribution in [1.82, 2.24) is 5.32 Å². The van der Waals surface area contributed by atoms with Crippen LogP contribution in [0.2, 0.25) is 0 Å². The molecule has 8 heteroatoms. The van der Waals surface area contributed by atoms with Crippen molar-refractivity contribution in [3.05, 3.63) is 29.6 Å². The molecule has 0 aliphatic heterocycles. The molecule has 22 heavy (non-hydrogen) atoms.